The number of carbonyl (C=O) groups is 1. The van der Waals surface area contributed by atoms with Gasteiger partial charge in [-0.3, -0.25) is 4.79 Å². The molecule has 1 heterocycles. The van der Waals surface area contributed by atoms with Gasteiger partial charge in [0.05, 0.1) is 23.0 Å². The summed E-state index contributed by atoms with van der Waals surface area (Å²) in [7, 11) is 0. The molecule has 3 nitrogen and oxygen atoms in total. The molecule has 0 bridgehead atoms. The van der Waals surface area contributed by atoms with Crippen LogP contribution in [0.25, 0.3) is 0 Å². The summed E-state index contributed by atoms with van der Waals surface area (Å²) in [5.41, 5.74) is 0. The lowest BCUT2D eigenvalue weighted by Crippen LogP contribution is -2.61. The zero-order valence-corrected chi connectivity index (χ0v) is 15.4. The lowest BCUT2D eigenvalue weighted by atomic mass is 9.70. The van der Waals surface area contributed by atoms with E-state index in [1.165, 1.54) is 19.3 Å². The van der Waals surface area contributed by atoms with Crippen molar-refractivity contribution in [1.82, 2.24) is 0 Å². The summed E-state index contributed by atoms with van der Waals surface area (Å²) in [6.45, 7) is 0. The molecular weight excluding hydrogens is 347 g/mol. The summed E-state index contributed by atoms with van der Waals surface area (Å²) < 4.78 is 13.0. The molecule has 0 radical (unpaired) electrons. The minimum atomic E-state index is -0.111. The molecule has 4 saturated carbocycles. The third-order valence-corrected chi connectivity index (χ3v) is 8.35. The fourth-order valence-electron chi connectivity index (χ4n) is 6.39. The second kappa shape index (κ2) is 6.11. The molecule has 24 heavy (non-hydrogen) atoms. The van der Waals surface area contributed by atoms with Gasteiger partial charge in [-0.25, -0.2) is 0 Å². The number of rotatable bonds is 0. The molecule has 0 aromatic heterocycles. The van der Waals surface area contributed by atoms with Crippen molar-refractivity contribution in [2.75, 3.05) is 0 Å². The molecule has 0 spiro atoms. The minimum absolute atomic E-state index is 0.00341. The van der Waals surface area contributed by atoms with Gasteiger partial charge in [-0.1, -0.05) is 12.8 Å². The molecule has 5 fully saturated rings. The quantitative estimate of drug-likeness (QED) is 0.604. The van der Waals surface area contributed by atoms with E-state index in [0.29, 0.717) is 17.6 Å². The van der Waals surface area contributed by atoms with E-state index >= 15 is 0 Å². The Balaban J connectivity index is 1.44. The lowest BCUT2D eigenvalue weighted by Gasteiger charge is -2.52. The number of hydrogen-bond donors (Lipinski definition) is 0. The first-order chi connectivity index (χ1) is 11.6. The summed E-state index contributed by atoms with van der Waals surface area (Å²) in [5, 5.41) is -0.0260. The number of halogens is 2. The van der Waals surface area contributed by atoms with Gasteiger partial charge in [0, 0.05) is 17.8 Å². The van der Waals surface area contributed by atoms with Crippen LogP contribution in [-0.4, -0.2) is 41.0 Å². The molecular formula is C19H26Cl2O3. The first-order valence-corrected chi connectivity index (χ1v) is 10.6. The molecule has 4 aliphatic carbocycles. The monoisotopic (exact) mass is 372 g/mol. The summed E-state index contributed by atoms with van der Waals surface area (Å²) in [4.78, 5) is 12.9. The highest BCUT2D eigenvalue weighted by molar-refractivity contribution is 6.23. The topological polar surface area (TPSA) is 35.5 Å². The van der Waals surface area contributed by atoms with Crippen LogP contribution in [0.1, 0.15) is 51.4 Å². The normalized spacial score (nSPS) is 56.8. The van der Waals surface area contributed by atoms with E-state index in [4.69, 9.17) is 32.7 Å². The average Bonchev–Trinajstić information content (AvgIpc) is 2.90. The Hall–Kier alpha value is 0.170. The molecule has 134 valence electrons. The smallest absolute Gasteiger partial charge is 0.139 e. The molecule has 5 heteroatoms. The van der Waals surface area contributed by atoms with Crippen molar-refractivity contribution in [3.63, 3.8) is 0 Å². The van der Waals surface area contributed by atoms with Gasteiger partial charge >= 0.3 is 0 Å². The molecule has 0 aromatic rings. The Kier molecular flexibility index (Phi) is 4.16. The van der Waals surface area contributed by atoms with E-state index in [1.54, 1.807) is 0 Å². The molecule has 10 unspecified atom stereocenters. The van der Waals surface area contributed by atoms with Crippen LogP contribution >= 0.6 is 23.2 Å². The maximum absolute atomic E-state index is 12.9. The van der Waals surface area contributed by atoms with Gasteiger partial charge in [0.1, 0.15) is 18.0 Å². The molecule has 1 saturated heterocycles. The van der Waals surface area contributed by atoms with E-state index in [1.807, 2.05) is 0 Å². The number of Topliss-reactive ketones (excluding diaryl/α,β-unsaturated/α-hetero) is 1. The Morgan fingerprint density at radius 2 is 1.46 bits per heavy atom. The maximum atomic E-state index is 12.9. The van der Waals surface area contributed by atoms with Gasteiger partial charge in [0.15, 0.2) is 0 Å². The zero-order valence-electron chi connectivity index (χ0n) is 13.9. The number of carbonyl (C=O) groups excluding carboxylic acids is 1. The highest BCUT2D eigenvalue weighted by atomic mass is 35.5. The number of alkyl halides is 2. The second-order valence-corrected chi connectivity index (χ2v) is 9.65. The van der Waals surface area contributed by atoms with Crippen molar-refractivity contribution in [1.29, 1.82) is 0 Å². The molecule has 5 aliphatic rings. The lowest BCUT2D eigenvalue weighted by molar-refractivity contribution is -0.258. The number of ketones is 1. The van der Waals surface area contributed by atoms with E-state index in [9.17, 15) is 4.79 Å². The molecule has 0 amide bonds. The second-order valence-electron chi connectivity index (χ2n) is 8.53. The van der Waals surface area contributed by atoms with Gasteiger partial charge in [0.2, 0.25) is 0 Å². The highest BCUT2D eigenvalue weighted by Gasteiger charge is 2.60. The SMILES string of the molecule is O=C1C2CCCCC2C2C1CCC1OC3C(Cl)CCC(Cl)C3OC12. The summed E-state index contributed by atoms with van der Waals surface area (Å²) in [6, 6.07) is 0. The fraction of sp³-hybridized carbons (Fsp3) is 0.947. The summed E-state index contributed by atoms with van der Waals surface area (Å²) in [6.07, 6.45) is 8.36. The molecule has 10 atom stereocenters. The van der Waals surface area contributed by atoms with Crippen LogP contribution in [0.5, 0.6) is 0 Å². The van der Waals surface area contributed by atoms with E-state index in [2.05, 4.69) is 0 Å². The standard InChI is InChI=1S/C19H26Cl2O3/c20-12-6-7-13(21)18-17(12)23-14-8-5-11-15(19(14)24-18)9-3-1-2-4-10(9)16(11)22/h9-15,17-19H,1-8H2. The van der Waals surface area contributed by atoms with Crippen LogP contribution in [0.15, 0.2) is 0 Å². The predicted octanol–water partition coefficient (Wildman–Crippen LogP) is 3.93. The number of hydrogen-bond acceptors (Lipinski definition) is 3. The van der Waals surface area contributed by atoms with Crippen molar-refractivity contribution in [2.45, 2.75) is 86.5 Å². The minimum Gasteiger partial charge on any atom is -0.368 e. The van der Waals surface area contributed by atoms with Crippen molar-refractivity contribution in [3.05, 3.63) is 0 Å². The van der Waals surface area contributed by atoms with E-state index in [0.717, 1.165) is 32.1 Å². The maximum Gasteiger partial charge on any atom is 0.139 e. The Labute approximate surface area is 153 Å². The zero-order chi connectivity index (χ0) is 16.4. The Morgan fingerprint density at radius 1 is 0.750 bits per heavy atom. The third-order valence-electron chi connectivity index (χ3n) is 7.42. The Bertz CT molecular complexity index is 527. The van der Waals surface area contributed by atoms with Crippen LogP contribution < -0.4 is 0 Å². The third kappa shape index (κ3) is 2.34. The summed E-state index contributed by atoms with van der Waals surface area (Å²) in [5.74, 6) is 1.86. The van der Waals surface area contributed by atoms with Crippen molar-refractivity contribution >= 4 is 29.0 Å². The number of fused-ring (bicyclic) bond motifs is 6. The van der Waals surface area contributed by atoms with Crippen LogP contribution in [0.2, 0.25) is 0 Å². The van der Waals surface area contributed by atoms with Crippen molar-refractivity contribution in [2.24, 2.45) is 23.7 Å². The number of ether oxygens (including phenoxy) is 2. The average molecular weight is 373 g/mol. The van der Waals surface area contributed by atoms with E-state index in [-0.39, 0.29) is 47.0 Å². The van der Waals surface area contributed by atoms with Gasteiger partial charge in [-0.05, 0) is 44.4 Å². The van der Waals surface area contributed by atoms with Crippen molar-refractivity contribution in [3.8, 4) is 0 Å². The first-order valence-electron chi connectivity index (χ1n) is 9.78. The first kappa shape index (κ1) is 16.4. The van der Waals surface area contributed by atoms with E-state index < -0.39 is 0 Å². The van der Waals surface area contributed by atoms with Gasteiger partial charge < -0.3 is 9.47 Å². The highest BCUT2D eigenvalue weighted by Crippen LogP contribution is 2.55. The van der Waals surface area contributed by atoms with Crippen molar-refractivity contribution < 1.29 is 14.3 Å². The van der Waals surface area contributed by atoms with Crippen LogP contribution in [0, 0.1) is 23.7 Å². The van der Waals surface area contributed by atoms with Gasteiger partial charge in [0.25, 0.3) is 0 Å². The largest absolute Gasteiger partial charge is 0.368 e. The van der Waals surface area contributed by atoms with Crippen LogP contribution in [0.3, 0.4) is 0 Å². The van der Waals surface area contributed by atoms with Crippen LogP contribution in [-0.2, 0) is 14.3 Å². The Morgan fingerprint density at radius 3 is 2.25 bits per heavy atom. The van der Waals surface area contributed by atoms with Gasteiger partial charge in [-0.15, -0.1) is 23.2 Å². The van der Waals surface area contributed by atoms with Gasteiger partial charge in [-0.2, -0.15) is 0 Å². The molecule has 5 rings (SSSR count). The summed E-state index contributed by atoms with van der Waals surface area (Å²) >= 11 is 13.1. The predicted molar refractivity (Wildman–Crippen MR) is 92.5 cm³/mol. The fourth-order valence-corrected chi connectivity index (χ4v) is 7.05. The molecule has 1 aliphatic heterocycles. The molecule has 0 N–H and O–H groups in total. The van der Waals surface area contributed by atoms with Crippen LogP contribution in [0.4, 0.5) is 0 Å². The molecule has 0 aromatic carbocycles.